The second kappa shape index (κ2) is 4.06. The van der Waals surface area contributed by atoms with Crippen LogP contribution < -0.4 is 10.6 Å². The van der Waals surface area contributed by atoms with Gasteiger partial charge in [0.25, 0.3) is 0 Å². The summed E-state index contributed by atoms with van der Waals surface area (Å²) >= 11 is 0. The minimum atomic E-state index is -2.04. The molecule has 0 spiro atoms. The number of nitrogens with zero attached hydrogens (tertiary/aromatic N) is 3. The van der Waals surface area contributed by atoms with Gasteiger partial charge in [0.2, 0.25) is 5.95 Å². The van der Waals surface area contributed by atoms with Gasteiger partial charge in [-0.1, -0.05) is 0 Å². The summed E-state index contributed by atoms with van der Waals surface area (Å²) in [6, 6.07) is 1.49. The Kier molecular flexibility index (Phi) is 2.86. The molecule has 17 heavy (non-hydrogen) atoms. The lowest BCUT2D eigenvalue weighted by molar-refractivity contribution is -0.0545. The molecule has 2 rings (SSSR count). The first-order valence-electron chi connectivity index (χ1n) is 5.24. The van der Waals surface area contributed by atoms with Crippen LogP contribution in [0.3, 0.4) is 0 Å². The van der Waals surface area contributed by atoms with E-state index in [0.717, 1.165) is 6.92 Å². The van der Waals surface area contributed by atoms with Crippen LogP contribution in [0.2, 0.25) is 0 Å². The molecule has 1 aliphatic heterocycles. The second-order valence-corrected chi connectivity index (χ2v) is 4.40. The summed E-state index contributed by atoms with van der Waals surface area (Å²) in [5, 5.41) is 9.38. The SMILES string of the molecule is C[C@@]1(F)CN(c2nccc(N)n2)C[C@@H](F)[C@H]1O. The fourth-order valence-electron chi connectivity index (χ4n) is 1.89. The van der Waals surface area contributed by atoms with Gasteiger partial charge in [0.05, 0.1) is 13.1 Å². The molecule has 0 bridgehead atoms. The van der Waals surface area contributed by atoms with E-state index >= 15 is 0 Å². The fourth-order valence-corrected chi connectivity index (χ4v) is 1.89. The Balaban J connectivity index is 2.24. The van der Waals surface area contributed by atoms with Gasteiger partial charge in [0.1, 0.15) is 18.1 Å². The molecule has 1 aromatic heterocycles. The molecule has 0 aromatic carbocycles. The monoisotopic (exact) mass is 244 g/mol. The number of aliphatic hydroxyl groups excluding tert-OH is 1. The Morgan fingerprint density at radius 1 is 1.65 bits per heavy atom. The van der Waals surface area contributed by atoms with E-state index in [0.29, 0.717) is 0 Å². The quantitative estimate of drug-likeness (QED) is 0.743. The molecule has 0 saturated carbocycles. The molecule has 0 aliphatic carbocycles. The maximum absolute atomic E-state index is 13.9. The number of aliphatic hydroxyl groups is 1. The van der Waals surface area contributed by atoms with Crippen molar-refractivity contribution in [1.82, 2.24) is 9.97 Å². The molecule has 1 saturated heterocycles. The third-order valence-electron chi connectivity index (χ3n) is 2.80. The van der Waals surface area contributed by atoms with Crippen LogP contribution in [0.4, 0.5) is 20.5 Å². The molecular formula is C10H14F2N4O. The van der Waals surface area contributed by atoms with Crippen LogP contribution in [0.1, 0.15) is 6.92 Å². The van der Waals surface area contributed by atoms with Crippen molar-refractivity contribution >= 4 is 11.8 Å². The molecule has 3 N–H and O–H groups in total. The highest BCUT2D eigenvalue weighted by Crippen LogP contribution is 2.29. The van der Waals surface area contributed by atoms with Gasteiger partial charge >= 0.3 is 0 Å². The third kappa shape index (κ3) is 2.28. The van der Waals surface area contributed by atoms with Crippen LogP contribution in [-0.2, 0) is 0 Å². The average molecular weight is 244 g/mol. The highest BCUT2D eigenvalue weighted by molar-refractivity contribution is 5.39. The lowest BCUT2D eigenvalue weighted by Crippen LogP contribution is -2.59. The number of anilines is 2. The maximum atomic E-state index is 13.9. The van der Waals surface area contributed by atoms with Crippen molar-refractivity contribution in [1.29, 1.82) is 0 Å². The molecule has 5 nitrogen and oxygen atoms in total. The summed E-state index contributed by atoms with van der Waals surface area (Å²) in [6.45, 7) is 0.838. The summed E-state index contributed by atoms with van der Waals surface area (Å²) in [7, 11) is 0. The molecule has 3 atom stereocenters. The normalized spacial score (nSPS) is 33.8. The van der Waals surface area contributed by atoms with E-state index in [-0.39, 0.29) is 24.9 Å². The first-order valence-corrected chi connectivity index (χ1v) is 5.24. The van der Waals surface area contributed by atoms with Crippen LogP contribution in [0, 0.1) is 0 Å². The molecule has 94 valence electrons. The molecule has 0 unspecified atom stereocenters. The zero-order valence-corrected chi connectivity index (χ0v) is 9.35. The molecular weight excluding hydrogens is 230 g/mol. The number of piperidine rings is 1. The summed E-state index contributed by atoms with van der Waals surface area (Å²) < 4.78 is 27.4. The molecule has 1 aliphatic rings. The van der Waals surface area contributed by atoms with E-state index in [2.05, 4.69) is 9.97 Å². The van der Waals surface area contributed by atoms with Gasteiger partial charge in [-0.2, -0.15) is 4.98 Å². The molecule has 0 radical (unpaired) electrons. The highest BCUT2D eigenvalue weighted by Gasteiger charge is 2.46. The summed E-state index contributed by atoms with van der Waals surface area (Å²) in [5.41, 5.74) is 3.44. The van der Waals surface area contributed by atoms with Crippen molar-refractivity contribution < 1.29 is 13.9 Å². The van der Waals surface area contributed by atoms with Crippen molar-refractivity contribution in [3.05, 3.63) is 12.3 Å². The largest absolute Gasteiger partial charge is 0.387 e. The fraction of sp³-hybridized carbons (Fsp3) is 0.600. The van der Waals surface area contributed by atoms with Crippen LogP contribution in [-0.4, -0.2) is 46.1 Å². The van der Waals surface area contributed by atoms with Crippen molar-refractivity contribution in [3.63, 3.8) is 0 Å². The van der Waals surface area contributed by atoms with E-state index in [9.17, 15) is 13.9 Å². The van der Waals surface area contributed by atoms with E-state index in [1.54, 1.807) is 0 Å². The van der Waals surface area contributed by atoms with Crippen LogP contribution in [0.15, 0.2) is 12.3 Å². The third-order valence-corrected chi connectivity index (χ3v) is 2.80. The van der Waals surface area contributed by atoms with E-state index in [1.807, 2.05) is 0 Å². The molecule has 1 fully saturated rings. The van der Waals surface area contributed by atoms with Crippen LogP contribution >= 0.6 is 0 Å². The topological polar surface area (TPSA) is 75.3 Å². The van der Waals surface area contributed by atoms with Crippen LogP contribution in [0.25, 0.3) is 0 Å². The predicted molar refractivity (Wildman–Crippen MR) is 59.1 cm³/mol. The minimum absolute atomic E-state index is 0.149. The number of nitrogens with two attached hydrogens (primary N) is 1. The number of alkyl halides is 2. The molecule has 7 heteroatoms. The van der Waals surface area contributed by atoms with E-state index in [4.69, 9.17) is 5.73 Å². The van der Waals surface area contributed by atoms with Crippen LogP contribution in [0.5, 0.6) is 0 Å². The number of halogens is 2. The van der Waals surface area contributed by atoms with Gasteiger partial charge < -0.3 is 15.7 Å². The van der Waals surface area contributed by atoms with Gasteiger partial charge in [-0.05, 0) is 13.0 Å². The lowest BCUT2D eigenvalue weighted by atomic mass is 9.92. The number of hydrogen-bond acceptors (Lipinski definition) is 5. The van der Waals surface area contributed by atoms with Crippen molar-refractivity contribution in [3.8, 4) is 0 Å². The van der Waals surface area contributed by atoms with Gasteiger partial charge in [0, 0.05) is 6.20 Å². The molecule has 0 amide bonds. The Morgan fingerprint density at radius 3 is 2.94 bits per heavy atom. The number of rotatable bonds is 1. The van der Waals surface area contributed by atoms with Crippen molar-refractivity contribution in [2.24, 2.45) is 0 Å². The van der Waals surface area contributed by atoms with Gasteiger partial charge in [-0.15, -0.1) is 0 Å². The Labute approximate surface area is 97.3 Å². The Bertz CT molecular complexity index is 415. The first-order chi connectivity index (χ1) is 7.90. The lowest BCUT2D eigenvalue weighted by Gasteiger charge is -2.40. The zero-order valence-electron chi connectivity index (χ0n) is 9.35. The predicted octanol–water partition coefficient (Wildman–Crippen LogP) is 0.306. The van der Waals surface area contributed by atoms with Crippen molar-refractivity contribution in [2.45, 2.75) is 24.9 Å². The maximum Gasteiger partial charge on any atom is 0.227 e. The summed E-state index contributed by atoms with van der Waals surface area (Å²) in [4.78, 5) is 9.15. The molecule has 1 aromatic rings. The van der Waals surface area contributed by atoms with Gasteiger partial charge in [-0.3, -0.25) is 0 Å². The standard InChI is InChI=1S/C10H14F2N4O/c1-10(12)5-16(4-6(11)8(10)17)9-14-3-2-7(13)15-9/h2-3,6,8,17H,4-5H2,1H3,(H2,13,14,15)/t6-,8-,10-/m1/s1. The van der Waals surface area contributed by atoms with Crippen molar-refractivity contribution in [2.75, 3.05) is 23.7 Å². The smallest absolute Gasteiger partial charge is 0.227 e. The number of hydrogen-bond donors (Lipinski definition) is 2. The Morgan fingerprint density at radius 2 is 2.35 bits per heavy atom. The Hall–Kier alpha value is -1.50. The van der Waals surface area contributed by atoms with Gasteiger partial charge in [-0.25, -0.2) is 13.8 Å². The van der Waals surface area contributed by atoms with Gasteiger partial charge in [0.15, 0.2) is 5.67 Å². The first kappa shape index (κ1) is 12.0. The zero-order chi connectivity index (χ0) is 12.6. The highest BCUT2D eigenvalue weighted by atomic mass is 19.2. The second-order valence-electron chi connectivity index (χ2n) is 4.40. The van der Waals surface area contributed by atoms with E-state index < -0.39 is 17.9 Å². The average Bonchev–Trinajstić information content (AvgIpc) is 2.25. The van der Waals surface area contributed by atoms with E-state index in [1.165, 1.54) is 17.2 Å². The summed E-state index contributed by atoms with van der Waals surface area (Å²) in [6.07, 6.45) is -1.88. The number of nitrogen functional groups attached to an aromatic ring is 1. The minimum Gasteiger partial charge on any atom is -0.387 e. The number of aromatic nitrogens is 2. The summed E-state index contributed by atoms with van der Waals surface area (Å²) in [5.74, 6) is 0.403. The molecule has 2 heterocycles.